The van der Waals surface area contributed by atoms with Gasteiger partial charge in [-0.15, -0.1) is 0 Å². The van der Waals surface area contributed by atoms with Crippen LogP contribution in [0.4, 0.5) is 11.4 Å². The number of aromatic nitrogens is 1. The van der Waals surface area contributed by atoms with Crippen LogP contribution in [0.5, 0.6) is 0 Å². The number of pyridine rings is 1. The Morgan fingerprint density at radius 1 is 1.27 bits per heavy atom. The van der Waals surface area contributed by atoms with Crippen molar-refractivity contribution in [3.8, 4) is 0 Å². The van der Waals surface area contributed by atoms with Crippen LogP contribution < -0.4 is 10.9 Å². The molecular formula is C15H15N3O4. The molecule has 1 N–H and O–H groups in total. The standard InChI is InChI=1S/C15H15N3O4/c1-2-11-5-3-4-6-13(11)16-14(19)10-17-9-12(18(21)22)7-8-15(17)20/h3-9H,2,10H2,1H3,(H,16,19). The number of carbonyl (C=O) groups is 1. The third-order valence-electron chi connectivity index (χ3n) is 3.16. The number of nitrogens with one attached hydrogen (secondary N) is 1. The lowest BCUT2D eigenvalue weighted by atomic mass is 10.1. The summed E-state index contributed by atoms with van der Waals surface area (Å²) in [4.78, 5) is 33.8. The highest BCUT2D eigenvalue weighted by molar-refractivity contribution is 5.91. The van der Waals surface area contributed by atoms with Crippen molar-refractivity contribution in [2.45, 2.75) is 19.9 Å². The van der Waals surface area contributed by atoms with Crippen molar-refractivity contribution in [1.82, 2.24) is 4.57 Å². The van der Waals surface area contributed by atoms with E-state index < -0.39 is 16.4 Å². The zero-order chi connectivity index (χ0) is 16.1. The lowest BCUT2D eigenvalue weighted by Gasteiger charge is -2.10. The molecule has 2 rings (SSSR count). The number of carbonyl (C=O) groups excluding carboxylic acids is 1. The minimum atomic E-state index is -0.611. The van der Waals surface area contributed by atoms with Gasteiger partial charge in [0.15, 0.2) is 0 Å². The smallest absolute Gasteiger partial charge is 0.285 e. The first-order valence-electron chi connectivity index (χ1n) is 6.74. The van der Waals surface area contributed by atoms with Gasteiger partial charge in [0.1, 0.15) is 6.54 Å². The van der Waals surface area contributed by atoms with Gasteiger partial charge in [-0.3, -0.25) is 24.3 Å². The van der Waals surface area contributed by atoms with Crippen LogP contribution in [0.2, 0.25) is 0 Å². The second kappa shape index (κ2) is 6.66. The van der Waals surface area contributed by atoms with Gasteiger partial charge in [0.05, 0.1) is 11.1 Å². The van der Waals surface area contributed by atoms with Crippen LogP contribution in [0.3, 0.4) is 0 Å². The fourth-order valence-corrected chi connectivity index (χ4v) is 2.05. The zero-order valence-electron chi connectivity index (χ0n) is 12.0. The minimum absolute atomic E-state index is 0.235. The number of aryl methyl sites for hydroxylation is 1. The van der Waals surface area contributed by atoms with Crippen LogP contribution >= 0.6 is 0 Å². The first kappa shape index (κ1) is 15.4. The quantitative estimate of drug-likeness (QED) is 0.674. The molecular weight excluding hydrogens is 286 g/mol. The molecule has 1 heterocycles. The number of benzene rings is 1. The van der Waals surface area contributed by atoms with Crippen LogP contribution in [-0.4, -0.2) is 15.4 Å². The summed E-state index contributed by atoms with van der Waals surface area (Å²) in [5.41, 5.74) is 0.946. The molecule has 7 heteroatoms. The maximum absolute atomic E-state index is 12.0. The van der Waals surface area contributed by atoms with Gasteiger partial charge in [0, 0.05) is 17.8 Å². The van der Waals surface area contributed by atoms with E-state index in [-0.39, 0.29) is 12.2 Å². The third kappa shape index (κ3) is 3.57. The first-order valence-corrected chi connectivity index (χ1v) is 6.74. The Kier molecular flexibility index (Phi) is 4.67. The normalized spacial score (nSPS) is 10.2. The summed E-state index contributed by atoms with van der Waals surface area (Å²) in [5, 5.41) is 13.4. The molecule has 0 radical (unpaired) electrons. The molecule has 1 amide bonds. The van der Waals surface area contributed by atoms with Crippen molar-refractivity contribution in [3.05, 3.63) is 68.6 Å². The van der Waals surface area contributed by atoms with Gasteiger partial charge in [-0.2, -0.15) is 0 Å². The van der Waals surface area contributed by atoms with Gasteiger partial charge in [0.25, 0.3) is 11.2 Å². The molecule has 0 aliphatic carbocycles. The van der Waals surface area contributed by atoms with E-state index in [1.54, 1.807) is 12.1 Å². The van der Waals surface area contributed by atoms with Gasteiger partial charge in [-0.25, -0.2) is 0 Å². The molecule has 22 heavy (non-hydrogen) atoms. The molecule has 0 saturated heterocycles. The zero-order valence-corrected chi connectivity index (χ0v) is 12.0. The Morgan fingerprint density at radius 2 is 2.00 bits per heavy atom. The fraction of sp³-hybridized carbons (Fsp3) is 0.200. The molecule has 0 unspecified atom stereocenters. The van der Waals surface area contributed by atoms with Gasteiger partial charge in [-0.1, -0.05) is 25.1 Å². The van der Waals surface area contributed by atoms with E-state index in [0.29, 0.717) is 5.69 Å². The fourth-order valence-electron chi connectivity index (χ4n) is 2.05. The molecule has 0 fully saturated rings. The highest BCUT2D eigenvalue weighted by Gasteiger charge is 2.11. The van der Waals surface area contributed by atoms with Crippen molar-refractivity contribution in [2.24, 2.45) is 0 Å². The van der Waals surface area contributed by atoms with Crippen LogP contribution in [0.1, 0.15) is 12.5 Å². The number of nitro groups is 1. The van der Waals surface area contributed by atoms with Gasteiger partial charge in [0.2, 0.25) is 5.91 Å². The summed E-state index contributed by atoms with van der Waals surface area (Å²) >= 11 is 0. The average Bonchev–Trinajstić information content (AvgIpc) is 2.49. The SMILES string of the molecule is CCc1ccccc1NC(=O)Cn1cc([N+](=O)[O-])ccc1=O. The molecule has 1 aromatic heterocycles. The van der Waals surface area contributed by atoms with Gasteiger partial charge in [-0.05, 0) is 18.1 Å². The topological polar surface area (TPSA) is 94.2 Å². The van der Waals surface area contributed by atoms with Crippen molar-refractivity contribution in [1.29, 1.82) is 0 Å². The summed E-state index contributed by atoms with van der Waals surface area (Å²) in [7, 11) is 0. The number of nitrogens with zero attached hydrogens (tertiary/aromatic N) is 2. The second-order valence-electron chi connectivity index (χ2n) is 4.67. The minimum Gasteiger partial charge on any atom is -0.324 e. The van der Waals surface area contributed by atoms with E-state index in [9.17, 15) is 19.7 Å². The number of hydrogen-bond donors (Lipinski definition) is 1. The molecule has 0 aliphatic rings. The largest absolute Gasteiger partial charge is 0.324 e. The monoisotopic (exact) mass is 301 g/mol. The van der Waals surface area contributed by atoms with E-state index in [4.69, 9.17) is 0 Å². The van der Waals surface area contributed by atoms with E-state index in [2.05, 4.69) is 5.32 Å². The lowest BCUT2D eigenvalue weighted by molar-refractivity contribution is -0.385. The van der Waals surface area contributed by atoms with Crippen molar-refractivity contribution in [2.75, 3.05) is 5.32 Å². The third-order valence-corrected chi connectivity index (χ3v) is 3.16. The van der Waals surface area contributed by atoms with Crippen LogP contribution in [0.15, 0.2) is 47.4 Å². The molecule has 114 valence electrons. The predicted molar refractivity (Wildman–Crippen MR) is 81.8 cm³/mol. The summed E-state index contributed by atoms with van der Waals surface area (Å²) in [6, 6.07) is 9.53. The lowest BCUT2D eigenvalue weighted by Crippen LogP contribution is -2.27. The first-order chi connectivity index (χ1) is 10.5. The molecule has 0 saturated carbocycles. The maximum atomic E-state index is 12.0. The highest BCUT2D eigenvalue weighted by Crippen LogP contribution is 2.15. The van der Waals surface area contributed by atoms with Crippen LogP contribution in [0, 0.1) is 10.1 Å². The maximum Gasteiger partial charge on any atom is 0.285 e. The summed E-state index contributed by atoms with van der Waals surface area (Å²) < 4.78 is 1.02. The average molecular weight is 301 g/mol. The number of hydrogen-bond acceptors (Lipinski definition) is 4. The Hall–Kier alpha value is -2.96. The van der Waals surface area contributed by atoms with Crippen molar-refractivity contribution < 1.29 is 9.72 Å². The van der Waals surface area contributed by atoms with Crippen LogP contribution in [-0.2, 0) is 17.8 Å². The van der Waals surface area contributed by atoms with Crippen molar-refractivity contribution in [3.63, 3.8) is 0 Å². The van der Waals surface area contributed by atoms with E-state index in [0.717, 1.165) is 34.9 Å². The summed E-state index contributed by atoms with van der Waals surface area (Å²) in [5.74, 6) is -0.413. The Morgan fingerprint density at radius 3 is 2.68 bits per heavy atom. The Bertz CT molecular complexity index is 767. The van der Waals surface area contributed by atoms with Gasteiger partial charge >= 0.3 is 0 Å². The highest BCUT2D eigenvalue weighted by atomic mass is 16.6. The Balaban J connectivity index is 2.17. The summed E-state index contributed by atoms with van der Waals surface area (Å²) in [6.45, 7) is 1.69. The number of anilines is 1. The van der Waals surface area contributed by atoms with E-state index in [1.807, 2.05) is 19.1 Å². The molecule has 7 nitrogen and oxygen atoms in total. The summed E-state index contributed by atoms with van der Waals surface area (Å²) in [6.07, 6.45) is 1.82. The Labute approximate surface area is 126 Å². The number of amides is 1. The predicted octanol–water partition coefficient (Wildman–Crippen LogP) is 1.96. The molecule has 0 bridgehead atoms. The second-order valence-corrected chi connectivity index (χ2v) is 4.67. The van der Waals surface area contributed by atoms with E-state index >= 15 is 0 Å². The molecule has 0 spiro atoms. The molecule has 0 aliphatic heterocycles. The van der Waals surface area contributed by atoms with Crippen molar-refractivity contribution >= 4 is 17.3 Å². The number of rotatable bonds is 5. The number of para-hydroxylation sites is 1. The molecule has 0 atom stereocenters. The van der Waals surface area contributed by atoms with Gasteiger partial charge < -0.3 is 5.32 Å². The van der Waals surface area contributed by atoms with Crippen LogP contribution in [0.25, 0.3) is 0 Å². The molecule has 1 aromatic carbocycles. The van der Waals surface area contributed by atoms with E-state index in [1.165, 1.54) is 0 Å². The molecule has 2 aromatic rings.